The fraction of sp³-hybridized carbons (Fsp3) is 0.0714. The molecular weight excluding hydrogens is 299 g/mol. The first-order chi connectivity index (χ1) is 8.61. The van der Waals surface area contributed by atoms with E-state index in [9.17, 15) is 9.18 Å². The van der Waals surface area contributed by atoms with Gasteiger partial charge in [-0.05, 0) is 30.3 Å². The Morgan fingerprint density at radius 3 is 2.67 bits per heavy atom. The lowest BCUT2D eigenvalue weighted by Crippen LogP contribution is -2.04. The molecule has 0 N–H and O–H groups in total. The standard InChI is InChI=1S/C14H10BrFO2/c1-18-13-6-5-11(16)8-12(13)14(17)9-3-2-4-10(15)7-9/h2-8H,1H3. The number of ketones is 1. The number of carbonyl (C=O) groups is 1. The molecule has 0 saturated carbocycles. The molecule has 0 atom stereocenters. The van der Waals surface area contributed by atoms with Crippen molar-refractivity contribution in [3.63, 3.8) is 0 Å². The van der Waals surface area contributed by atoms with Crippen molar-refractivity contribution in [2.75, 3.05) is 7.11 Å². The molecule has 0 radical (unpaired) electrons. The second-order valence-corrected chi connectivity index (χ2v) is 4.60. The predicted octanol–water partition coefficient (Wildman–Crippen LogP) is 3.83. The van der Waals surface area contributed by atoms with Gasteiger partial charge in [-0.3, -0.25) is 4.79 Å². The molecule has 4 heteroatoms. The SMILES string of the molecule is COc1ccc(F)cc1C(=O)c1cccc(Br)c1. The van der Waals surface area contributed by atoms with Crippen LogP contribution in [0.2, 0.25) is 0 Å². The van der Waals surface area contributed by atoms with E-state index in [4.69, 9.17) is 4.74 Å². The first kappa shape index (κ1) is 12.8. The predicted molar refractivity (Wildman–Crippen MR) is 70.5 cm³/mol. The number of halogens is 2. The van der Waals surface area contributed by atoms with E-state index in [1.165, 1.54) is 25.3 Å². The maximum atomic E-state index is 13.2. The Bertz CT molecular complexity index is 596. The lowest BCUT2D eigenvalue weighted by atomic mass is 10.0. The molecule has 0 aliphatic heterocycles. The van der Waals surface area contributed by atoms with Gasteiger partial charge < -0.3 is 4.74 Å². The van der Waals surface area contributed by atoms with Gasteiger partial charge in [0.1, 0.15) is 11.6 Å². The highest BCUT2D eigenvalue weighted by molar-refractivity contribution is 9.10. The van der Waals surface area contributed by atoms with Gasteiger partial charge in [0.15, 0.2) is 5.78 Å². The second kappa shape index (κ2) is 5.31. The number of methoxy groups -OCH3 is 1. The number of hydrogen-bond acceptors (Lipinski definition) is 2. The van der Waals surface area contributed by atoms with E-state index in [1.807, 2.05) is 6.07 Å². The third-order valence-corrected chi connectivity index (χ3v) is 2.99. The summed E-state index contributed by atoms with van der Waals surface area (Å²) in [6, 6.07) is 10.8. The normalized spacial score (nSPS) is 10.2. The number of carbonyl (C=O) groups excluding carboxylic acids is 1. The molecule has 0 heterocycles. The lowest BCUT2D eigenvalue weighted by molar-refractivity contribution is 0.103. The monoisotopic (exact) mass is 308 g/mol. The molecule has 2 rings (SSSR count). The van der Waals surface area contributed by atoms with E-state index in [2.05, 4.69) is 15.9 Å². The van der Waals surface area contributed by atoms with Gasteiger partial charge in [0, 0.05) is 10.0 Å². The smallest absolute Gasteiger partial charge is 0.196 e. The first-order valence-electron chi connectivity index (χ1n) is 5.25. The van der Waals surface area contributed by atoms with Crippen LogP contribution in [0.3, 0.4) is 0 Å². The van der Waals surface area contributed by atoms with E-state index in [-0.39, 0.29) is 11.3 Å². The number of hydrogen-bond donors (Lipinski definition) is 0. The Balaban J connectivity index is 2.48. The van der Waals surface area contributed by atoms with Crippen molar-refractivity contribution >= 4 is 21.7 Å². The molecule has 0 aromatic heterocycles. The van der Waals surface area contributed by atoms with E-state index >= 15 is 0 Å². The van der Waals surface area contributed by atoms with Crippen LogP contribution in [-0.2, 0) is 0 Å². The van der Waals surface area contributed by atoms with Crippen LogP contribution in [0.4, 0.5) is 4.39 Å². The highest BCUT2D eigenvalue weighted by atomic mass is 79.9. The Labute approximate surface area is 113 Å². The van der Waals surface area contributed by atoms with E-state index in [0.29, 0.717) is 11.3 Å². The number of benzene rings is 2. The molecule has 0 aliphatic rings. The minimum atomic E-state index is -0.464. The molecule has 0 bridgehead atoms. The first-order valence-corrected chi connectivity index (χ1v) is 6.05. The molecule has 0 amide bonds. The fourth-order valence-electron chi connectivity index (χ4n) is 1.64. The van der Waals surface area contributed by atoms with E-state index in [0.717, 1.165) is 4.47 Å². The van der Waals surface area contributed by atoms with E-state index in [1.54, 1.807) is 18.2 Å². The van der Waals surface area contributed by atoms with Crippen LogP contribution in [-0.4, -0.2) is 12.9 Å². The molecule has 0 unspecified atom stereocenters. The molecule has 2 nitrogen and oxygen atoms in total. The minimum absolute atomic E-state index is 0.218. The lowest BCUT2D eigenvalue weighted by Gasteiger charge is -2.08. The topological polar surface area (TPSA) is 26.3 Å². The highest BCUT2D eigenvalue weighted by Gasteiger charge is 2.15. The molecule has 0 fully saturated rings. The average Bonchev–Trinajstić information content (AvgIpc) is 2.38. The Kier molecular flexibility index (Phi) is 3.77. The highest BCUT2D eigenvalue weighted by Crippen LogP contribution is 2.23. The molecule has 2 aromatic rings. The summed E-state index contributed by atoms with van der Waals surface area (Å²) >= 11 is 3.30. The van der Waals surface area contributed by atoms with Crippen molar-refractivity contribution in [3.05, 3.63) is 63.9 Å². The Hall–Kier alpha value is -1.68. The summed E-state index contributed by atoms with van der Waals surface area (Å²) in [4.78, 5) is 12.3. The van der Waals surface area contributed by atoms with Gasteiger partial charge in [-0.25, -0.2) is 4.39 Å². The fourth-order valence-corrected chi connectivity index (χ4v) is 2.04. The molecule has 0 saturated heterocycles. The van der Waals surface area contributed by atoms with Gasteiger partial charge in [0.2, 0.25) is 0 Å². The molecule has 18 heavy (non-hydrogen) atoms. The zero-order chi connectivity index (χ0) is 13.1. The Morgan fingerprint density at radius 1 is 1.22 bits per heavy atom. The average molecular weight is 309 g/mol. The maximum Gasteiger partial charge on any atom is 0.196 e. The maximum absolute atomic E-state index is 13.2. The van der Waals surface area contributed by atoms with Crippen LogP contribution < -0.4 is 4.74 Å². The zero-order valence-corrected chi connectivity index (χ0v) is 11.2. The molecular formula is C14H10BrFO2. The third kappa shape index (κ3) is 2.59. The zero-order valence-electron chi connectivity index (χ0n) is 9.61. The summed E-state index contributed by atoms with van der Waals surface area (Å²) in [5, 5.41) is 0. The summed E-state index contributed by atoms with van der Waals surface area (Å²) in [6.45, 7) is 0. The molecule has 0 spiro atoms. The van der Waals surface area contributed by atoms with Gasteiger partial charge in [0.05, 0.1) is 12.7 Å². The van der Waals surface area contributed by atoms with Crippen LogP contribution in [0.5, 0.6) is 5.75 Å². The van der Waals surface area contributed by atoms with E-state index < -0.39 is 5.82 Å². The van der Waals surface area contributed by atoms with Crippen molar-refractivity contribution < 1.29 is 13.9 Å². The minimum Gasteiger partial charge on any atom is -0.496 e. The summed E-state index contributed by atoms with van der Waals surface area (Å²) in [5.41, 5.74) is 0.698. The largest absolute Gasteiger partial charge is 0.496 e. The number of rotatable bonds is 3. The molecule has 0 aliphatic carbocycles. The van der Waals surface area contributed by atoms with Crippen LogP contribution in [0, 0.1) is 5.82 Å². The summed E-state index contributed by atoms with van der Waals surface area (Å²) in [7, 11) is 1.45. The van der Waals surface area contributed by atoms with Crippen molar-refractivity contribution in [2.45, 2.75) is 0 Å². The third-order valence-electron chi connectivity index (χ3n) is 2.49. The second-order valence-electron chi connectivity index (χ2n) is 3.68. The van der Waals surface area contributed by atoms with Gasteiger partial charge in [-0.15, -0.1) is 0 Å². The molecule has 2 aromatic carbocycles. The Morgan fingerprint density at radius 2 is 2.00 bits per heavy atom. The summed E-state index contributed by atoms with van der Waals surface area (Å²) in [6.07, 6.45) is 0. The summed E-state index contributed by atoms with van der Waals surface area (Å²) < 4.78 is 19.1. The van der Waals surface area contributed by atoms with Gasteiger partial charge >= 0.3 is 0 Å². The van der Waals surface area contributed by atoms with Crippen molar-refractivity contribution in [2.24, 2.45) is 0 Å². The van der Waals surface area contributed by atoms with Gasteiger partial charge in [-0.1, -0.05) is 28.1 Å². The quantitative estimate of drug-likeness (QED) is 0.806. The van der Waals surface area contributed by atoms with Crippen LogP contribution in [0.25, 0.3) is 0 Å². The molecule has 92 valence electrons. The van der Waals surface area contributed by atoms with Crippen molar-refractivity contribution in [1.82, 2.24) is 0 Å². The number of ether oxygens (including phenoxy) is 1. The van der Waals surface area contributed by atoms with Crippen LogP contribution in [0.15, 0.2) is 46.9 Å². The van der Waals surface area contributed by atoms with Crippen molar-refractivity contribution in [3.8, 4) is 5.75 Å². The summed E-state index contributed by atoms with van der Waals surface area (Å²) in [5.74, 6) is -0.372. The van der Waals surface area contributed by atoms with Crippen LogP contribution in [0.1, 0.15) is 15.9 Å². The van der Waals surface area contributed by atoms with Crippen molar-refractivity contribution in [1.29, 1.82) is 0 Å². The van der Waals surface area contributed by atoms with Crippen LogP contribution >= 0.6 is 15.9 Å². The van der Waals surface area contributed by atoms with Gasteiger partial charge in [-0.2, -0.15) is 0 Å². The van der Waals surface area contributed by atoms with Gasteiger partial charge in [0.25, 0.3) is 0 Å².